The van der Waals surface area contributed by atoms with Gasteiger partial charge in [0.25, 0.3) is 0 Å². The Labute approximate surface area is 164 Å². The van der Waals surface area contributed by atoms with Gasteiger partial charge >= 0.3 is 0 Å². The van der Waals surface area contributed by atoms with Gasteiger partial charge in [-0.3, -0.25) is 0 Å². The normalized spacial score (nSPS) is 11.2. The molecule has 0 N–H and O–H groups in total. The number of hydrogen-bond acceptors (Lipinski definition) is 2. The van der Waals surface area contributed by atoms with Gasteiger partial charge in [0, 0.05) is 11.1 Å². The molecule has 0 spiro atoms. The number of aromatic nitrogens is 2. The topological polar surface area (TPSA) is 25.8 Å². The van der Waals surface area contributed by atoms with E-state index in [-0.39, 0.29) is 0 Å². The molecule has 2 nitrogen and oxygen atoms in total. The van der Waals surface area contributed by atoms with Crippen molar-refractivity contribution in [2.24, 2.45) is 0 Å². The zero-order valence-corrected chi connectivity index (χ0v) is 15.8. The van der Waals surface area contributed by atoms with Crippen LogP contribution in [0.25, 0.3) is 44.3 Å². The summed E-state index contributed by atoms with van der Waals surface area (Å²) in [5, 5.41) is 2.37. The second-order valence-electron chi connectivity index (χ2n) is 7.03. The summed E-state index contributed by atoms with van der Waals surface area (Å²) in [4.78, 5) is 10.1. The maximum absolute atomic E-state index is 5.06. The zero-order valence-electron chi connectivity index (χ0n) is 15.8. The lowest BCUT2D eigenvalue weighted by Crippen LogP contribution is -1.96. The molecule has 1 heterocycles. The van der Waals surface area contributed by atoms with Gasteiger partial charge in [0.15, 0.2) is 0 Å². The predicted octanol–water partition coefficient (Wildman–Crippen LogP) is 6.68. The van der Waals surface area contributed by atoms with E-state index >= 15 is 0 Å². The van der Waals surface area contributed by atoms with Gasteiger partial charge in [-0.1, -0.05) is 85.8 Å². The molecular formula is C26H20N2. The summed E-state index contributed by atoms with van der Waals surface area (Å²) in [6.07, 6.45) is 1.03. The number of aryl methyl sites for hydroxylation is 1. The maximum atomic E-state index is 5.06. The highest BCUT2D eigenvalue weighted by molar-refractivity contribution is 5.97. The number of rotatable bonds is 3. The Morgan fingerprint density at radius 2 is 1.07 bits per heavy atom. The average molecular weight is 360 g/mol. The molecule has 5 aromatic rings. The van der Waals surface area contributed by atoms with Gasteiger partial charge in [-0.05, 0) is 34.9 Å². The maximum Gasteiger partial charge on any atom is 0.0973 e. The van der Waals surface area contributed by atoms with Gasteiger partial charge < -0.3 is 0 Å². The SMILES string of the molecule is CCc1ccc(-c2nc3cc4ccccc4cc3nc2-c2ccccc2)cc1. The number of hydrogen-bond donors (Lipinski definition) is 0. The van der Waals surface area contributed by atoms with Gasteiger partial charge in [-0.15, -0.1) is 0 Å². The van der Waals surface area contributed by atoms with E-state index in [1.165, 1.54) is 16.3 Å². The number of benzene rings is 4. The van der Waals surface area contributed by atoms with Crippen LogP contribution in [0.5, 0.6) is 0 Å². The Hall–Kier alpha value is -3.52. The first-order valence-corrected chi connectivity index (χ1v) is 9.67. The van der Waals surface area contributed by atoms with Gasteiger partial charge in [0.1, 0.15) is 0 Å². The molecule has 0 saturated carbocycles. The molecule has 0 fully saturated rings. The molecule has 28 heavy (non-hydrogen) atoms. The van der Waals surface area contributed by atoms with Crippen LogP contribution in [0.3, 0.4) is 0 Å². The lowest BCUT2D eigenvalue weighted by molar-refractivity contribution is 1.14. The lowest BCUT2D eigenvalue weighted by atomic mass is 10.0. The first-order chi connectivity index (χ1) is 13.8. The first kappa shape index (κ1) is 16.6. The van der Waals surface area contributed by atoms with E-state index in [2.05, 4.69) is 79.7 Å². The Bertz CT molecular complexity index is 1270. The minimum Gasteiger partial charge on any atom is -0.244 e. The van der Waals surface area contributed by atoms with Crippen LogP contribution in [0.15, 0.2) is 91.0 Å². The highest BCUT2D eigenvalue weighted by atomic mass is 14.8. The quantitative estimate of drug-likeness (QED) is 0.335. The van der Waals surface area contributed by atoms with Crippen molar-refractivity contribution in [1.29, 1.82) is 0 Å². The van der Waals surface area contributed by atoms with Crippen molar-refractivity contribution in [2.75, 3.05) is 0 Å². The second kappa shape index (κ2) is 6.90. The number of fused-ring (bicyclic) bond motifs is 2. The molecule has 1 aromatic heterocycles. The summed E-state index contributed by atoms with van der Waals surface area (Å²) < 4.78 is 0. The van der Waals surface area contributed by atoms with Crippen LogP contribution in [0, 0.1) is 0 Å². The van der Waals surface area contributed by atoms with Crippen LogP contribution in [-0.2, 0) is 6.42 Å². The van der Waals surface area contributed by atoms with E-state index in [9.17, 15) is 0 Å². The monoisotopic (exact) mass is 360 g/mol. The first-order valence-electron chi connectivity index (χ1n) is 9.67. The molecule has 2 heteroatoms. The molecule has 0 aliphatic rings. The fourth-order valence-corrected chi connectivity index (χ4v) is 3.64. The second-order valence-corrected chi connectivity index (χ2v) is 7.03. The highest BCUT2D eigenvalue weighted by Crippen LogP contribution is 2.32. The van der Waals surface area contributed by atoms with Crippen molar-refractivity contribution < 1.29 is 0 Å². The molecule has 0 aliphatic carbocycles. The summed E-state index contributed by atoms with van der Waals surface area (Å²) in [6.45, 7) is 2.17. The third kappa shape index (κ3) is 2.93. The van der Waals surface area contributed by atoms with Crippen molar-refractivity contribution in [2.45, 2.75) is 13.3 Å². The smallest absolute Gasteiger partial charge is 0.0973 e. The molecule has 0 bridgehead atoms. The standard InChI is InChI=1S/C26H20N2/c1-2-18-12-14-20(15-13-18)26-25(19-8-4-3-5-9-19)27-23-16-21-10-6-7-11-22(21)17-24(23)28-26/h3-17H,2H2,1H3. The van der Waals surface area contributed by atoms with Crippen LogP contribution in [0.2, 0.25) is 0 Å². The summed E-state index contributed by atoms with van der Waals surface area (Å²) in [5.74, 6) is 0. The van der Waals surface area contributed by atoms with Gasteiger partial charge in [0.05, 0.1) is 22.4 Å². The van der Waals surface area contributed by atoms with E-state index in [4.69, 9.17) is 9.97 Å². The molecule has 0 amide bonds. The highest BCUT2D eigenvalue weighted by Gasteiger charge is 2.13. The van der Waals surface area contributed by atoms with E-state index in [1.54, 1.807) is 0 Å². The Morgan fingerprint density at radius 3 is 1.61 bits per heavy atom. The summed E-state index contributed by atoms with van der Waals surface area (Å²) >= 11 is 0. The van der Waals surface area contributed by atoms with E-state index in [0.717, 1.165) is 40.0 Å². The van der Waals surface area contributed by atoms with E-state index < -0.39 is 0 Å². The molecule has 0 aliphatic heterocycles. The van der Waals surface area contributed by atoms with E-state index in [0.29, 0.717) is 0 Å². The van der Waals surface area contributed by atoms with Crippen LogP contribution in [-0.4, -0.2) is 9.97 Å². The lowest BCUT2D eigenvalue weighted by Gasteiger charge is -2.12. The predicted molar refractivity (Wildman–Crippen MR) is 117 cm³/mol. The van der Waals surface area contributed by atoms with Gasteiger partial charge in [0.2, 0.25) is 0 Å². The fourth-order valence-electron chi connectivity index (χ4n) is 3.64. The number of nitrogens with zero attached hydrogens (tertiary/aromatic N) is 2. The Balaban J connectivity index is 1.80. The third-order valence-corrected chi connectivity index (χ3v) is 5.21. The molecule has 0 unspecified atom stereocenters. The van der Waals surface area contributed by atoms with Crippen LogP contribution in [0.4, 0.5) is 0 Å². The van der Waals surface area contributed by atoms with E-state index in [1.807, 2.05) is 18.2 Å². The third-order valence-electron chi connectivity index (χ3n) is 5.21. The zero-order chi connectivity index (χ0) is 18.9. The van der Waals surface area contributed by atoms with Crippen molar-refractivity contribution in [3.8, 4) is 22.5 Å². The molecule has 0 saturated heterocycles. The molecule has 0 atom stereocenters. The Morgan fingerprint density at radius 1 is 0.571 bits per heavy atom. The minimum atomic E-state index is 0.923. The van der Waals surface area contributed by atoms with Crippen LogP contribution < -0.4 is 0 Å². The molecular weight excluding hydrogens is 340 g/mol. The van der Waals surface area contributed by atoms with Gasteiger partial charge in [-0.25, -0.2) is 9.97 Å². The average Bonchev–Trinajstić information content (AvgIpc) is 2.77. The van der Waals surface area contributed by atoms with Crippen molar-refractivity contribution in [1.82, 2.24) is 9.97 Å². The fraction of sp³-hybridized carbons (Fsp3) is 0.0769. The summed E-state index contributed by atoms with van der Waals surface area (Å²) in [5.41, 5.74) is 7.20. The largest absolute Gasteiger partial charge is 0.244 e. The Kier molecular flexibility index (Phi) is 4.10. The molecule has 5 rings (SSSR count). The minimum absolute atomic E-state index is 0.923. The van der Waals surface area contributed by atoms with Crippen molar-refractivity contribution >= 4 is 21.8 Å². The molecule has 4 aromatic carbocycles. The van der Waals surface area contributed by atoms with Crippen LogP contribution in [0.1, 0.15) is 12.5 Å². The summed E-state index contributed by atoms with van der Waals surface area (Å²) in [7, 11) is 0. The molecule has 0 radical (unpaired) electrons. The van der Waals surface area contributed by atoms with Crippen molar-refractivity contribution in [3.63, 3.8) is 0 Å². The van der Waals surface area contributed by atoms with Crippen molar-refractivity contribution in [3.05, 3.63) is 96.6 Å². The van der Waals surface area contributed by atoms with Gasteiger partial charge in [-0.2, -0.15) is 0 Å². The van der Waals surface area contributed by atoms with Crippen LogP contribution >= 0.6 is 0 Å². The summed E-state index contributed by atoms with van der Waals surface area (Å²) in [6, 6.07) is 31.6. The molecule has 134 valence electrons.